The van der Waals surface area contributed by atoms with E-state index in [0.717, 1.165) is 0 Å². The number of carbonyl (C=O) groups excluding carboxylic acids is 2. The average molecular weight is 214 g/mol. The van der Waals surface area contributed by atoms with Gasteiger partial charge in [0.2, 0.25) is 5.91 Å². The van der Waals surface area contributed by atoms with Crippen molar-refractivity contribution < 1.29 is 19.5 Å². The summed E-state index contributed by atoms with van der Waals surface area (Å²) in [6.07, 6.45) is 0.776. The summed E-state index contributed by atoms with van der Waals surface area (Å²) < 4.78 is 0. The Morgan fingerprint density at radius 1 is 1.60 bits per heavy atom. The van der Waals surface area contributed by atoms with Crippen molar-refractivity contribution in [1.29, 1.82) is 0 Å². The molecule has 6 heteroatoms. The van der Waals surface area contributed by atoms with Gasteiger partial charge in [-0.15, -0.1) is 0 Å². The lowest BCUT2D eigenvalue weighted by molar-refractivity contribution is -0.147. The van der Waals surface area contributed by atoms with E-state index in [4.69, 9.17) is 10.8 Å². The van der Waals surface area contributed by atoms with E-state index >= 15 is 0 Å². The monoisotopic (exact) mass is 214 g/mol. The van der Waals surface area contributed by atoms with Crippen molar-refractivity contribution in [2.24, 2.45) is 11.7 Å². The van der Waals surface area contributed by atoms with Crippen LogP contribution in [0.4, 0.5) is 0 Å². The summed E-state index contributed by atoms with van der Waals surface area (Å²) in [5.74, 6) is -2.92. The summed E-state index contributed by atoms with van der Waals surface area (Å²) in [6, 6.07) is -0.648. The number of hydrogen-bond donors (Lipinski definition) is 3. The molecule has 6 nitrogen and oxygen atoms in total. The van der Waals surface area contributed by atoms with E-state index in [1.807, 2.05) is 0 Å². The van der Waals surface area contributed by atoms with Crippen LogP contribution in [0, 0.1) is 5.92 Å². The Morgan fingerprint density at radius 2 is 2.27 bits per heavy atom. The maximum absolute atomic E-state index is 11.7. The molecule has 1 heterocycles. The van der Waals surface area contributed by atoms with Crippen molar-refractivity contribution in [3.8, 4) is 0 Å². The van der Waals surface area contributed by atoms with Crippen LogP contribution in [-0.4, -0.2) is 35.4 Å². The molecule has 2 atom stereocenters. The number of rotatable bonds is 5. The second kappa shape index (κ2) is 4.88. The molecule has 1 rings (SSSR count). The van der Waals surface area contributed by atoms with Crippen LogP contribution in [-0.2, 0) is 14.4 Å². The minimum Gasteiger partial charge on any atom is -0.481 e. The Bertz CT molecular complexity index is 290. The van der Waals surface area contributed by atoms with Crippen molar-refractivity contribution in [1.82, 2.24) is 5.32 Å². The summed E-state index contributed by atoms with van der Waals surface area (Å²) in [7, 11) is 0. The number of nitrogens with two attached hydrogens (primary N) is 1. The average Bonchev–Trinajstić information content (AvgIpc) is 2.59. The molecule has 0 saturated carbocycles. The molecular formula is C9H14N2O4. The molecule has 1 fully saturated rings. The molecule has 1 aliphatic rings. The molecule has 0 spiro atoms. The van der Waals surface area contributed by atoms with Gasteiger partial charge >= 0.3 is 5.97 Å². The highest BCUT2D eigenvalue weighted by molar-refractivity contribution is 6.03. The lowest BCUT2D eigenvalue weighted by Gasteiger charge is -2.14. The number of Topliss-reactive ketones (excluding diaryl/α,β-unsaturated/α-hetero) is 1. The molecule has 1 unspecified atom stereocenters. The molecule has 0 aliphatic carbocycles. The van der Waals surface area contributed by atoms with Crippen LogP contribution in [0.1, 0.15) is 19.3 Å². The van der Waals surface area contributed by atoms with Gasteiger partial charge in [-0.1, -0.05) is 0 Å². The zero-order chi connectivity index (χ0) is 11.4. The van der Waals surface area contributed by atoms with Crippen molar-refractivity contribution in [2.45, 2.75) is 25.3 Å². The van der Waals surface area contributed by atoms with Gasteiger partial charge in [-0.2, -0.15) is 0 Å². The third kappa shape index (κ3) is 2.76. The number of nitrogens with one attached hydrogen (secondary N) is 1. The van der Waals surface area contributed by atoms with Crippen LogP contribution in [0.5, 0.6) is 0 Å². The Balaban J connectivity index is 2.63. The van der Waals surface area contributed by atoms with E-state index < -0.39 is 23.7 Å². The fourth-order valence-electron chi connectivity index (χ4n) is 1.62. The summed E-state index contributed by atoms with van der Waals surface area (Å²) in [4.78, 5) is 33.3. The normalized spacial score (nSPS) is 22.2. The maximum atomic E-state index is 11.7. The van der Waals surface area contributed by atoms with Gasteiger partial charge in [0, 0.05) is 6.42 Å². The van der Waals surface area contributed by atoms with Crippen LogP contribution in [0.25, 0.3) is 0 Å². The molecule has 15 heavy (non-hydrogen) atoms. The third-order valence-electron chi connectivity index (χ3n) is 2.44. The molecule has 1 amide bonds. The quantitative estimate of drug-likeness (QED) is 0.502. The van der Waals surface area contributed by atoms with Gasteiger partial charge in [0.05, 0.1) is 6.04 Å². The van der Waals surface area contributed by atoms with Crippen LogP contribution in [0.2, 0.25) is 0 Å². The first-order valence-electron chi connectivity index (χ1n) is 4.82. The molecule has 1 saturated heterocycles. The summed E-state index contributed by atoms with van der Waals surface area (Å²) in [5.41, 5.74) is 5.23. The minimum atomic E-state index is -1.17. The largest absolute Gasteiger partial charge is 0.481 e. The molecular weight excluding hydrogens is 200 g/mol. The first-order chi connectivity index (χ1) is 7.06. The van der Waals surface area contributed by atoms with Gasteiger partial charge in [0.1, 0.15) is 5.92 Å². The molecule has 0 aromatic heterocycles. The van der Waals surface area contributed by atoms with E-state index in [2.05, 4.69) is 5.32 Å². The van der Waals surface area contributed by atoms with Crippen molar-refractivity contribution in [3.05, 3.63) is 0 Å². The fourth-order valence-corrected chi connectivity index (χ4v) is 1.62. The Labute approximate surface area is 86.8 Å². The van der Waals surface area contributed by atoms with Crippen LogP contribution >= 0.6 is 0 Å². The zero-order valence-electron chi connectivity index (χ0n) is 8.23. The number of carboxylic acids is 1. The molecule has 0 radical (unpaired) electrons. The molecule has 84 valence electrons. The highest BCUT2D eigenvalue weighted by atomic mass is 16.4. The van der Waals surface area contributed by atoms with Gasteiger partial charge in [-0.3, -0.25) is 14.4 Å². The molecule has 0 bridgehead atoms. The predicted octanol–water partition coefficient (Wildman–Crippen LogP) is -1.12. The van der Waals surface area contributed by atoms with Crippen molar-refractivity contribution >= 4 is 17.7 Å². The van der Waals surface area contributed by atoms with E-state index in [9.17, 15) is 14.4 Å². The first kappa shape index (κ1) is 11.6. The van der Waals surface area contributed by atoms with E-state index in [0.29, 0.717) is 6.42 Å². The second-order valence-corrected chi connectivity index (χ2v) is 3.53. The third-order valence-corrected chi connectivity index (χ3v) is 2.44. The van der Waals surface area contributed by atoms with Gasteiger partial charge in [0.15, 0.2) is 5.78 Å². The van der Waals surface area contributed by atoms with Crippen molar-refractivity contribution in [2.75, 3.05) is 6.54 Å². The second-order valence-electron chi connectivity index (χ2n) is 3.53. The number of hydrogen-bond acceptors (Lipinski definition) is 4. The van der Waals surface area contributed by atoms with Gasteiger partial charge in [0.25, 0.3) is 0 Å². The van der Waals surface area contributed by atoms with Gasteiger partial charge in [-0.25, -0.2) is 0 Å². The molecule has 4 N–H and O–H groups in total. The van der Waals surface area contributed by atoms with E-state index in [1.165, 1.54) is 0 Å². The molecule has 1 aliphatic heterocycles. The van der Waals surface area contributed by atoms with Crippen LogP contribution in [0.3, 0.4) is 0 Å². The number of carboxylic acid groups (broad SMARTS) is 1. The Kier molecular flexibility index (Phi) is 3.79. The fraction of sp³-hybridized carbons (Fsp3) is 0.667. The Morgan fingerprint density at radius 3 is 2.67 bits per heavy atom. The van der Waals surface area contributed by atoms with Crippen molar-refractivity contribution in [3.63, 3.8) is 0 Å². The summed E-state index contributed by atoms with van der Waals surface area (Å²) in [6.45, 7) is 0.142. The summed E-state index contributed by atoms with van der Waals surface area (Å²) in [5, 5.41) is 11.3. The zero-order valence-corrected chi connectivity index (χ0v) is 8.23. The first-order valence-corrected chi connectivity index (χ1v) is 4.82. The number of amides is 1. The Hall–Kier alpha value is -1.43. The molecule has 0 aromatic rings. The standard InChI is InChI=1S/C9H14N2O4/c10-4-3-5(9(14)15)8(13)6-1-2-7(12)11-6/h5-6H,1-4,10H2,(H,11,12)(H,14,15)/t5?,6-/m0/s1. The molecule has 0 aromatic carbocycles. The van der Waals surface area contributed by atoms with Crippen LogP contribution in [0.15, 0.2) is 0 Å². The van der Waals surface area contributed by atoms with Crippen LogP contribution < -0.4 is 11.1 Å². The lowest BCUT2D eigenvalue weighted by atomic mass is 9.94. The highest BCUT2D eigenvalue weighted by Crippen LogP contribution is 2.14. The number of carbonyl (C=O) groups is 3. The summed E-state index contributed by atoms with van der Waals surface area (Å²) >= 11 is 0. The smallest absolute Gasteiger partial charge is 0.314 e. The van der Waals surface area contributed by atoms with Gasteiger partial charge < -0.3 is 16.2 Å². The van der Waals surface area contributed by atoms with E-state index in [1.54, 1.807) is 0 Å². The van der Waals surface area contributed by atoms with E-state index in [-0.39, 0.29) is 25.3 Å². The van der Waals surface area contributed by atoms with Gasteiger partial charge in [-0.05, 0) is 19.4 Å². The topological polar surface area (TPSA) is 109 Å². The number of ketones is 1. The highest BCUT2D eigenvalue weighted by Gasteiger charge is 2.35. The predicted molar refractivity (Wildman–Crippen MR) is 51.0 cm³/mol. The maximum Gasteiger partial charge on any atom is 0.314 e. The lowest BCUT2D eigenvalue weighted by Crippen LogP contribution is -2.40. The minimum absolute atomic E-state index is 0.112. The SMILES string of the molecule is NCCC(C(=O)O)C(=O)[C@@H]1CCC(=O)N1. The number of aliphatic carboxylic acids is 1.